The van der Waals surface area contributed by atoms with Crippen molar-refractivity contribution in [2.45, 2.75) is 65.5 Å². The number of carbonyl (C=O) groups is 2. The molecule has 116 valence electrons. The number of oxazole rings is 1. The summed E-state index contributed by atoms with van der Waals surface area (Å²) in [5.41, 5.74) is 0.0301. The molecule has 0 bridgehead atoms. The van der Waals surface area contributed by atoms with Crippen molar-refractivity contribution in [2.24, 2.45) is 0 Å². The second-order valence-corrected chi connectivity index (χ2v) is 5.65. The third-order valence-corrected chi connectivity index (χ3v) is 3.97. The maximum Gasteiger partial charge on any atom is 0.325 e. The minimum Gasteiger partial charge on any atom is -0.444 e. The maximum atomic E-state index is 12.7. The van der Waals surface area contributed by atoms with Crippen LogP contribution in [0.3, 0.4) is 0 Å². The van der Waals surface area contributed by atoms with Crippen molar-refractivity contribution >= 4 is 11.9 Å². The van der Waals surface area contributed by atoms with E-state index in [9.17, 15) is 9.59 Å². The van der Waals surface area contributed by atoms with E-state index in [0.29, 0.717) is 24.5 Å². The molecule has 21 heavy (non-hydrogen) atoms. The van der Waals surface area contributed by atoms with Gasteiger partial charge in [-0.15, -0.1) is 0 Å². The largest absolute Gasteiger partial charge is 0.444 e. The monoisotopic (exact) mass is 293 g/mol. The topological polar surface area (TPSA) is 75.4 Å². The second kappa shape index (κ2) is 5.87. The standard InChI is InChI=1S/C15H23N3O3/c1-5-7-15(8-6-2)13(19)18(14(20)17-15)9-12-16-10(3)11(4)21-12/h5-9H2,1-4H3,(H,17,20). The van der Waals surface area contributed by atoms with Gasteiger partial charge in [-0.1, -0.05) is 26.7 Å². The van der Waals surface area contributed by atoms with Gasteiger partial charge in [0.1, 0.15) is 17.8 Å². The van der Waals surface area contributed by atoms with Gasteiger partial charge in [0.15, 0.2) is 0 Å². The average Bonchev–Trinajstić information content (AvgIpc) is 2.84. The van der Waals surface area contributed by atoms with Gasteiger partial charge in [-0.2, -0.15) is 0 Å². The number of rotatable bonds is 6. The molecular weight excluding hydrogens is 270 g/mol. The molecule has 0 radical (unpaired) electrons. The van der Waals surface area contributed by atoms with Crippen LogP contribution in [0.15, 0.2) is 4.42 Å². The first-order chi connectivity index (χ1) is 9.93. The lowest BCUT2D eigenvalue weighted by Gasteiger charge is -2.25. The van der Waals surface area contributed by atoms with E-state index in [-0.39, 0.29) is 18.5 Å². The molecule has 2 heterocycles. The molecule has 0 unspecified atom stereocenters. The van der Waals surface area contributed by atoms with E-state index in [1.165, 1.54) is 4.90 Å². The molecule has 0 saturated carbocycles. The SMILES string of the molecule is CCCC1(CCC)NC(=O)N(Cc2nc(C)c(C)o2)C1=O. The zero-order valence-electron chi connectivity index (χ0n) is 13.2. The highest BCUT2D eigenvalue weighted by Gasteiger charge is 2.50. The van der Waals surface area contributed by atoms with Crippen LogP contribution in [0.4, 0.5) is 4.79 Å². The fraction of sp³-hybridized carbons (Fsp3) is 0.667. The summed E-state index contributed by atoms with van der Waals surface area (Å²) in [5, 5.41) is 2.88. The highest BCUT2D eigenvalue weighted by molar-refractivity contribution is 6.06. The van der Waals surface area contributed by atoms with E-state index in [1.54, 1.807) is 0 Å². The van der Waals surface area contributed by atoms with Crippen molar-refractivity contribution in [3.8, 4) is 0 Å². The van der Waals surface area contributed by atoms with Crippen LogP contribution in [0.1, 0.15) is 56.9 Å². The van der Waals surface area contributed by atoms with Crippen molar-refractivity contribution in [2.75, 3.05) is 0 Å². The Labute approximate surface area is 124 Å². The van der Waals surface area contributed by atoms with Gasteiger partial charge < -0.3 is 9.73 Å². The highest BCUT2D eigenvalue weighted by atomic mass is 16.4. The third-order valence-electron chi connectivity index (χ3n) is 3.97. The van der Waals surface area contributed by atoms with Crippen molar-refractivity contribution < 1.29 is 14.0 Å². The van der Waals surface area contributed by atoms with Crippen LogP contribution >= 0.6 is 0 Å². The van der Waals surface area contributed by atoms with Gasteiger partial charge in [-0.05, 0) is 26.7 Å². The Morgan fingerprint density at radius 2 is 1.81 bits per heavy atom. The summed E-state index contributed by atoms with van der Waals surface area (Å²) in [7, 11) is 0. The van der Waals surface area contributed by atoms with Gasteiger partial charge in [-0.25, -0.2) is 9.78 Å². The molecule has 1 fully saturated rings. The number of carbonyl (C=O) groups excluding carboxylic acids is 2. The summed E-state index contributed by atoms with van der Waals surface area (Å²) in [6.07, 6.45) is 3.01. The van der Waals surface area contributed by atoms with Gasteiger partial charge >= 0.3 is 6.03 Å². The van der Waals surface area contributed by atoms with E-state index in [1.807, 2.05) is 27.7 Å². The number of imide groups is 1. The van der Waals surface area contributed by atoms with E-state index < -0.39 is 5.54 Å². The Morgan fingerprint density at radius 1 is 1.19 bits per heavy atom. The van der Waals surface area contributed by atoms with Gasteiger partial charge in [0.25, 0.3) is 5.91 Å². The van der Waals surface area contributed by atoms with Crippen molar-refractivity contribution in [3.63, 3.8) is 0 Å². The summed E-state index contributed by atoms with van der Waals surface area (Å²) in [5.74, 6) is 0.951. The third kappa shape index (κ3) is 2.80. The molecule has 1 saturated heterocycles. The molecule has 6 nitrogen and oxygen atoms in total. The van der Waals surface area contributed by atoms with Gasteiger partial charge in [-0.3, -0.25) is 9.69 Å². The smallest absolute Gasteiger partial charge is 0.325 e. The summed E-state index contributed by atoms with van der Waals surface area (Å²) in [6.45, 7) is 7.78. The summed E-state index contributed by atoms with van der Waals surface area (Å²) < 4.78 is 5.48. The minimum atomic E-state index is -0.753. The Bertz CT molecular complexity index is 525. The predicted octanol–water partition coefficient (Wildman–Crippen LogP) is 2.68. The first-order valence-electron chi connectivity index (χ1n) is 7.50. The van der Waals surface area contributed by atoms with E-state index in [4.69, 9.17) is 4.42 Å². The Morgan fingerprint density at radius 3 is 2.29 bits per heavy atom. The highest BCUT2D eigenvalue weighted by Crippen LogP contribution is 2.29. The van der Waals surface area contributed by atoms with E-state index in [0.717, 1.165) is 18.5 Å². The number of aromatic nitrogens is 1. The number of nitrogens with zero attached hydrogens (tertiary/aromatic N) is 2. The minimum absolute atomic E-state index is 0.0918. The molecule has 0 aromatic carbocycles. The first-order valence-corrected chi connectivity index (χ1v) is 7.50. The second-order valence-electron chi connectivity index (χ2n) is 5.65. The lowest BCUT2D eigenvalue weighted by Crippen LogP contribution is -2.46. The molecule has 3 amide bonds. The summed E-state index contributed by atoms with van der Waals surface area (Å²) in [6, 6.07) is -0.351. The van der Waals surface area contributed by atoms with E-state index in [2.05, 4.69) is 10.3 Å². The Kier molecular flexibility index (Phi) is 4.34. The molecule has 6 heteroatoms. The predicted molar refractivity (Wildman–Crippen MR) is 77.6 cm³/mol. The number of hydrogen-bond acceptors (Lipinski definition) is 4. The van der Waals surface area contributed by atoms with Gasteiger partial charge in [0, 0.05) is 0 Å². The zero-order valence-corrected chi connectivity index (χ0v) is 13.2. The molecule has 1 aromatic rings. The molecular formula is C15H23N3O3. The summed E-state index contributed by atoms with van der Waals surface area (Å²) in [4.78, 5) is 30.3. The first kappa shape index (κ1) is 15.5. The Balaban J connectivity index is 2.21. The number of amides is 3. The van der Waals surface area contributed by atoms with Crippen LogP contribution < -0.4 is 5.32 Å². The van der Waals surface area contributed by atoms with Gasteiger partial charge in [0.05, 0.1) is 5.69 Å². The quantitative estimate of drug-likeness (QED) is 0.818. The molecule has 1 aromatic heterocycles. The summed E-state index contributed by atoms with van der Waals surface area (Å²) >= 11 is 0. The molecule has 1 aliphatic rings. The Hall–Kier alpha value is -1.85. The van der Waals surface area contributed by atoms with Crippen molar-refractivity contribution in [1.29, 1.82) is 0 Å². The molecule has 2 rings (SSSR count). The molecule has 0 spiro atoms. The fourth-order valence-electron chi connectivity index (χ4n) is 2.88. The van der Waals surface area contributed by atoms with Crippen molar-refractivity contribution in [1.82, 2.24) is 15.2 Å². The molecule has 0 atom stereocenters. The molecule has 1 aliphatic heterocycles. The average molecular weight is 293 g/mol. The lowest BCUT2D eigenvalue weighted by atomic mass is 9.88. The molecule has 0 aliphatic carbocycles. The lowest BCUT2D eigenvalue weighted by molar-refractivity contribution is -0.132. The van der Waals surface area contributed by atoms with Crippen LogP contribution in [-0.4, -0.2) is 27.4 Å². The number of aryl methyl sites for hydroxylation is 2. The zero-order chi connectivity index (χ0) is 15.6. The van der Waals surface area contributed by atoms with Gasteiger partial charge in [0.2, 0.25) is 5.89 Å². The van der Waals surface area contributed by atoms with Crippen LogP contribution in [0, 0.1) is 13.8 Å². The number of hydrogen-bond donors (Lipinski definition) is 1. The maximum absolute atomic E-state index is 12.7. The number of nitrogens with one attached hydrogen (secondary N) is 1. The van der Waals surface area contributed by atoms with Crippen LogP contribution in [0.2, 0.25) is 0 Å². The van der Waals surface area contributed by atoms with Crippen LogP contribution in [-0.2, 0) is 11.3 Å². The molecule has 1 N–H and O–H groups in total. The normalized spacial score (nSPS) is 17.4. The fourth-order valence-corrected chi connectivity index (χ4v) is 2.88. The van der Waals surface area contributed by atoms with Crippen LogP contribution in [0.5, 0.6) is 0 Å². The van der Waals surface area contributed by atoms with Crippen molar-refractivity contribution in [3.05, 3.63) is 17.3 Å². The number of urea groups is 1. The van der Waals surface area contributed by atoms with E-state index >= 15 is 0 Å². The van der Waals surface area contributed by atoms with Crippen LogP contribution in [0.25, 0.3) is 0 Å².